The van der Waals surface area contributed by atoms with Gasteiger partial charge in [0.05, 0.1) is 5.70 Å². The largest absolute Gasteiger partial charge is 0.495 e. The number of carboxylic acid groups (broad SMARTS) is 2. The highest BCUT2D eigenvalue weighted by Crippen LogP contribution is 2.53. The van der Waals surface area contributed by atoms with E-state index in [0.29, 0.717) is 25.7 Å². The second-order valence-electron chi connectivity index (χ2n) is 13.0. The number of carbonyl (C=O) groups excluding carboxylic acids is 1. The summed E-state index contributed by atoms with van der Waals surface area (Å²) in [4.78, 5) is 39.5. The number of aromatic nitrogens is 1. The summed E-state index contributed by atoms with van der Waals surface area (Å²) in [7, 11) is 0. The number of fused-ring (bicyclic) bond motifs is 1. The molecule has 0 radical (unpaired) electrons. The molecule has 0 aliphatic carbocycles. The standard InChI is InChI=1S/C33H45N5O6S/c1-7-20-15(2)24(35-32(20)44)12-23-16(3)21(8-10-28(39)40)25(34-23)13-27-22(9-11-29(41)42)18(5)33(37-38(27)33)14-26-30(19(6)45)17(4)31(43)36-26/h7,13,15,17,19,24,26,30,34-35,37,44-45H,1,8-12,14H2,2-6H3,(H,36,43)(H,39,40)(H,41,42)/b27-13-/t15?,17-,19-,24-,26?,30+,33+,38?/m1/s1. The van der Waals surface area contributed by atoms with Crippen LogP contribution < -0.4 is 16.1 Å². The Morgan fingerprint density at radius 2 is 1.76 bits per heavy atom. The second kappa shape index (κ2) is 12.3. The van der Waals surface area contributed by atoms with Gasteiger partial charge in [-0.3, -0.25) is 19.4 Å². The lowest BCUT2D eigenvalue weighted by Crippen LogP contribution is -2.38. The van der Waals surface area contributed by atoms with Crippen molar-refractivity contribution in [2.45, 2.75) is 96.1 Å². The molecule has 11 nitrogen and oxygen atoms in total. The number of allylic oxidation sites excluding steroid dienone is 2. The first-order chi connectivity index (χ1) is 21.2. The number of aromatic amines is 1. The quantitative estimate of drug-likeness (QED) is 0.117. The molecule has 4 aliphatic rings. The van der Waals surface area contributed by atoms with Crippen molar-refractivity contribution in [1.29, 1.82) is 0 Å². The Bertz CT molecular complexity index is 1520. The number of hydrogen-bond donors (Lipinski definition) is 8. The van der Waals surface area contributed by atoms with E-state index in [2.05, 4.69) is 32.6 Å². The molecule has 1 aromatic heterocycles. The number of aliphatic hydroxyl groups excluding tert-OH is 1. The van der Waals surface area contributed by atoms with Crippen molar-refractivity contribution in [3.8, 4) is 0 Å². The second-order valence-corrected chi connectivity index (χ2v) is 13.8. The van der Waals surface area contributed by atoms with Crippen LogP contribution in [0.15, 0.2) is 41.0 Å². The molecule has 5 heterocycles. The Morgan fingerprint density at radius 1 is 1.09 bits per heavy atom. The van der Waals surface area contributed by atoms with E-state index in [1.165, 1.54) is 0 Å². The lowest BCUT2D eigenvalue weighted by molar-refractivity contribution is -0.138. The monoisotopic (exact) mass is 639 g/mol. The Hall–Kier alpha value is -3.64. The average Bonchev–Trinajstić information content (AvgIpc) is 3.28. The molecule has 1 amide bonds. The van der Waals surface area contributed by atoms with Crippen LogP contribution in [0.3, 0.4) is 0 Å². The molecule has 2 fully saturated rings. The lowest BCUT2D eigenvalue weighted by atomic mass is 9.83. The van der Waals surface area contributed by atoms with Crippen LogP contribution in [0.1, 0.15) is 75.9 Å². The molecule has 0 spiro atoms. The van der Waals surface area contributed by atoms with E-state index >= 15 is 0 Å². The molecule has 7 N–H and O–H groups in total. The number of nitrogens with one attached hydrogen (secondary N) is 4. The van der Waals surface area contributed by atoms with E-state index in [1.807, 2.05) is 40.7 Å². The molecule has 0 aromatic carbocycles. The number of aliphatic hydroxyl groups is 1. The number of aliphatic carboxylic acids is 2. The molecule has 7 atom stereocenters. The smallest absolute Gasteiger partial charge is 0.303 e. The van der Waals surface area contributed by atoms with Crippen LogP contribution in [-0.4, -0.2) is 66.2 Å². The Balaban J connectivity index is 1.50. The lowest BCUT2D eigenvalue weighted by Gasteiger charge is -2.26. The van der Waals surface area contributed by atoms with Crippen molar-refractivity contribution >= 4 is 36.6 Å². The van der Waals surface area contributed by atoms with E-state index < -0.39 is 17.6 Å². The van der Waals surface area contributed by atoms with Gasteiger partial charge in [-0.1, -0.05) is 33.4 Å². The maximum atomic E-state index is 12.7. The minimum absolute atomic E-state index is 0.00795. The minimum Gasteiger partial charge on any atom is -0.495 e. The molecule has 4 aliphatic heterocycles. The van der Waals surface area contributed by atoms with E-state index in [9.17, 15) is 29.7 Å². The molecule has 0 saturated carbocycles. The number of hydrogen-bond acceptors (Lipinski definition) is 8. The number of thiol groups is 1. The predicted octanol–water partition coefficient (Wildman–Crippen LogP) is 3.96. The zero-order valence-corrected chi connectivity index (χ0v) is 27.4. The first kappa shape index (κ1) is 32.7. The summed E-state index contributed by atoms with van der Waals surface area (Å²) in [5.41, 5.74) is 10.1. The summed E-state index contributed by atoms with van der Waals surface area (Å²) in [5.74, 6) is -1.72. The van der Waals surface area contributed by atoms with Crippen molar-refractivity contribution in [3.05, 3.63) is 63.5 Å². The Labute approximate surface area is 269 Å². The maximum Gasteiger partial charge on any atom is 0.303 e. The van der Waals surface area contributed by atoms with Gasteiger partial charge >= 0.3 is 11.9 Å². The third-order valence-electron chi connectivity index (χ3n) is 10.4. The number of nitrogens with zero attached hydrogens (tertiary/aromatic N) is 1. The topological polar surface area (TPSA) is 177 Å². The number of carboxylic acids is 2. The Morgan fingerprint density at radius 3 is 2.36 bits per heavy atom. The van der Waals surface area contributed by atoms with Gasteiger partial charge in [0.1, 0.15) is 5.66 Å². The van der Waals surface area contributed by atoms with Crippen LogP contribution in [0.2, 0.25) is 0 Å². The van der Waals surface area contributed by atoms with E-state index in [0.717, 1.165) is 44.9 Å². The summed E-state index contributed by atoms with van der Waals surface area (Å²) in [6.45, 7) is 13.8. The van der Waals surface area contributed by atoms with Crippen LogP contribution >= 0.6 is 12.6 Å². The highest BCUT2D eigenvalue weighted by Gasteiger charge is 2.62. The van der Waals surface area contributed by atoms with Gasteiger partial charge in [0.15, 0.2) is 5.88 Å². The first-order valence-corrected chi connectivity index (χ1v) is 16.2. The van der Waals surface area contributed by atoms with Gasteiger partial charge in [-0.05, 0) is 55.0 Å². The average molecular weight is 640 g/mol. The normalized spacial score (nSPS) is 30.5. The number of H-pyrrole nitrogens is 1. The molecule has 0 bridgehead atoms. The van der Waals surface area contributed by atoms with Crippen molar-refractivity contribution in [3.63, 3.8) is 0 Å². The minimum atomic E-state index is -0.891. The van der Waals surface area contributed by atoms with Gasteiger partial charge in [0.2, 0.25) is 5.91 Å². The fraction of sp³-hybridized carbons (Fsp3) is 0.545. The van der Waals surface area contributed by atoms with Crippen LogP contribution in [-0.2, 0) is 27.2 Å². The van der Waals surface area contributed by atoms with Crippen molar-refractivity contribution in [1.82, 2.24) is 26.1 Å². The predicted molar refractivity (Wildman–Crippen MR) is 174 cm³/mol. The first-order valence-electron chi connectivity index (χ1n) is 15.6. The van der Waals surface area contributed by atoms with Crippen molar-refractivity contribution < 1.29 is 29.7 Å². The highest BCUT2D eigenvalue weighted by molar-refractivity contribution is 7.80. The van der Waals surface area contributed by atoms with Gasteiger partial charge in [0, 0.05) is 77.7 Å². The third-order valence-corrected chi connectivity index (χ3v) is 10.8. The summed E-state index contributed by atoms with van der Waals surface area (Å²) < 4.78 is 0. The van der Waals surface area contributed by atoms with Crippen LogP contribution in [0.4, 0.5) is 0 Å². The Kier molecular flexibility index (Phi) is 8.93. The van der Waals surface area contributed by atoms with Gasteiger partial charge in [-0.2, -0.15) is 12.6 Å². The van der Waals surface area contributed by atoms with E-state index in [-0.39, 0.29) is 59.7 Å². The third kappa shape index (κ3) is 5.90. The molecule has 12 heteroatoms. The maximum absolute atomic E-state index is 12.7. The molecule has 244 valence electrons. The molecule has 2 unspecified atom stereocenters. The summed E-state index contributed by atoms with van der Waals surface area (Å²) in [6.07, 6.45) is 5.44. The van der Waals surface area contributed by atoms with Gasteiger partial charge in [-0.15, -0.1) is 0 Å². The number of rotatable bonds is 13. The summed E-state index contributed by atoms with van der Waals surface area (Å²) >= 11 is 4.70. The molecule has 1 aromatic rings. The van der Waals surface area contributed by atoms with Crippen LogP contribution in [0.5, 0.6) is 0 Å². The fourth-order valence-electron chi connectivity index (χ4n) is 7.72. The molecule has 45 heavy (non-hydrogen) atoms. The number of amides is 1. The molecule has 2 saturated heterocycles. The highest BCUT2D eigenvalue weighted by atomic mass is 32.1. The van der Waals surface area contributed by atoms with Crippen LogP contribution in [0.25, 0.3) is 6.08 Å². The van der Waals surface area contributed by atoms with Crippen LogP contribution in [0, 0.1) is 24.7 Å². The fourth-order valence-corrected chi connectivity index (χ4v) is 8.18. The number of carbonyl (C=O) groups is 3. The number of hydrazine groups is 1. The van der Waals surface area contributed by atoms with Crippen molar-refractivity contribution in [2.75, 3.05) is 0 Å². The molecular weight excluding hydrogens is 594 g/mol. The summed E-state index contributed by atoms with van der Waals surface area (Å²) in [6, 6.07) is -0.181. The van der Waals surface area contributed by atoms with Gasteiger partial charge in [-0.25, -0.2) is 5.43 Å². The van der Waals surface area contributed by atoms with Gasteiger partial charge < -0.3 is 30.9 Å². The molecular formula is C33H45N5O6S. The zero-order valence-electron chi connectivity index (χ0n) is 26.5. The van der Waals surface area contributed by atoms with Gasteiger partial charge in [0.25, 0.3) is 0 Å². The molecule has 5 rings (SSSR count). The summed E-state index contributed by atoms with van der Waals surface area (Å²) in [5, 5.41) is 37.9. The van der Waals surface area contributed by atoms with E-state index in [1.54, 1.807) is 6.08 Å². The zero-order chi connectivity index (χ0) is 33.0. The SMILES string of the molecule is C=CC1=C(O)N[C@H](Cc2[nH]c(/C=C3/C(CCC(=O)O)=C(C)[C@@]4(CC5NC(=O)[C@H](C)[C@H]5[C@@H](C)S)NN34)c(CCC(=O)O)c2C)C1C. The van der Waals surface area contributed by atoms with E-state index in [4.69, 9.17) is 12.6 Å². The van der Waals surface area contributed by atoms with Crippen molar-refractivity contribution in [2.24, 2.45) is 17.8 Å².